The van der Waals surface area contributed by atoms with E-state index in [-0.39, 0.29) is 11.9 Å². The molecule has 0 bridgehead atoms. The number of nitrogens with one attached hydrogen (secondary N) is 1. The van der Waals surface area contributed by atoms with Gasteiger partial charge in [-0.2, -0.15) is 0 Å². The van der Waals surface area contributed by atoms with Gasteiger partial charge in [0.1, 0.15) is 6.04 Å². The molecule has 4 heteroatoms. The molecule has 0 spiro atoms. The fraction of sp³-hybridized carbons (Fsp3) is 0.500. The van der Waals surface area contributed by atoms with E-state index in [1.807, 2.05) is 5.92 Å². The van der Waals surface area contributed by atoms with Gasteiger partial charge >= 0.3 is 0 Å². The molecule has 64 valence electrons. The fourth-order valence-electron chi connectivity index (χ4n) is 1.19. The molecule has 1 aliphatic rings. The van der Waals surface area contributed by atoms with Crippen LogP contribution in [0.3, 0.4) is 0 Å². The fourth-order valence-corrected chi connectivity index (χ4v) is 1.19. The number of rotatable bonds is 1. The van der Waals surface area contributed by atoms with Gasteiger partial charge in [0.15, 0.2) is 0 Å². The first-order valence-corrected chi connectivity index (χ1v) is 3.68. The molecule has 12 heavy (non-hydrogen) atoms. The summed E-state index contributed by atoms with van der Waals surface area (Å²) >= 11 is 0. The van der Waals surface area contributed by atoms with E-state index in [9.17, 15) is 9.59 Å². The molecule has 1 heterocycles. The van der Waals surface area contributed by atoms with Gasteiger partial charge in [-0.3, -0.25) is 9.59 Å². The van der Waals surface area contributed by atoms with Crippen molar-refractivity contribution in [1.82, 2.24) is 10.2 Å². The van der Waals surface area contributed by atoms with Gasteiger partial charge in [-0.25, -0.2) is 0 Å². The normalized spacial score (nSPS) is 21.3. The van der Waals surface area contributed by atoms with Crippen molar-refractivity contribution in [2.45, 2.75) is 12.5 Å². The first kappa shape index (κ1) is 8.60. The van der Waals surface area contributed by atoms with Gasteiger partial charge in [0, 0.05) is 13.6 Å². The minimum absolute atomic E-state index is 0.124. The molecule has 1 rings (SSSR count). The predicted molar refractivity (Wildman–Crippen MR) is 43.0 cm³/mol. The Bertz CT molecular complexity index is 254. The lowest BCUT2D eigenvalue weighted by Crippen LogP contribution is -2.41. The van der Waals surface area contributed by atoms with E-state index in [1.54, 1.807) is 0 Å². The minimum atomic E-state index is -0.447. The van der Waals surface area contributed by atoms with Crippen LogP contribution in [-0.2, 0) is 9.59 Å². The van der Waals surface area contributed by atoms with Crippen LogP contribution in [0, 0.1) is 12.3 Å². The predicted octanol–water partition coefficient (Wildman–Crippen LogP) is -1.03. The molecule has 1 unspecified atom stereocenters. The quantitative estimate of drug-likeness (QED) is 0.506. The Morgan fingerprint density at radius 1 is 1.83 bits per heavy atom. The molecule has 1 fully saturated rings. The summed E-state index contributed by atoms with van der Waals surface area (Å²) in [5.74, 6) is 1.40. The van der Waals surface area contributed by atoms with Crippen molar-refractivity contribution in [2.75, 3.05) is 13.6 Å². The average Bonchev–Trinajstić information content (AvgIpc) is 2.48. The van der Waals surface area contributed by atoms with Crippen molar-refractivity contribution in [2.24, 2.45) is 0 Å². The van der Waals surface area contributed by atoms with Crippen LogP contribution in [0.25, 0.3) is 0 Å². The van der Waals surface area contributed by atoms with E-state index >= 15 is 0 Å². The van der Waals surface area contributed by atoms with Crippen molar-refractivity contribution >= 4 is 11.8 Å². The van der Waals surface area contributed by atoms with Gasteiger partial charge in [-0.15, -0.1) is 6.42 Å². The second kappa shape index (κ2) is 3.26. The number of hydrogen-bond acceptors (Lipinski definition) is 2. The zero-order valence-corrected chi connectivity index (χ0v) is 6.83. The molecule has 1 N–H and O–H groups in total. The maximum absolute atomic E-state index is 11.1. The molecule has 0 aliphatic carbocycles. The smallest absolute Gasteiger partial charge is 0.298 e. The Kier molecular flexibility index (Phi) is 2.34. The van der Waals surface area contributed by atoms with Crippen LogP contribution in [-0.4, -0.2) is 36.3 Å². The second-order valence-corrected chi connectivity index (χ2v) is 2.66. The lowest BCUT2D eigenvalue weighted by atomic mass is 10.2. The number of nitrogens with zero attached hydrogens (tertiary/aromatic N) is 1. The van der Waals surface area contributed by atoms with Crippen molar-refractivity contribution in [3.63, 3.8) is 0 Å². The van der Waals surface area contributed by atoms with Crippen molar-refractivity contribution in [3.8, 4) is 12.3 Å². The summed E-state index contributed by atoms with van der Waals surface area (Å²) in [7, 11) is 1.54. The highest BCUT2D eigenvalue weighted by Crippen LogP contribution is 2.07. The summed E-state index contributed by atoms with van der Waals surface area (Å²) in [6, 6.07) is -0.381. The highest BCUT2D eigenvalue weighted by molar-refractivity contribution is 5.96. The molecule has 2 amide bonds. The molecule has 0 aromatic heterocycles. The Balaban J connectivity index is 2.64. The first-order chi connectivity index (χ1) is 5.66. The SMILES string of the molecule is C#CC(=O)N(C)C1CCNC1=O. The topological polar surface area (TPSA) is 49.4 Å². The van der Waals surface area contributed by atoms with E-state index in [0.717, 1.165) is 0 Å². The summed E-state index contributed by atoms with van der Waals surface area (Å²) < 4.78 is 0. The lowest BCUT2D eigenvalue weighted by Gasteiger charge is -2.18. The Morgan fingerprint density at radius 2 is 2.50 bits per heavy atom. The van der Waals surface area contributed by atoms with E-state index in [2.05, 4.69) is 5.32 Å². The number of hydrogen-bond donors (Lipinski definition) is 1. The average molecular weight is 166 g/mol. The molecule has 0 saturated carbocycles. The monoisotopic (exact) mass is 166 g/mol. The third kappa shape index (κ3) is 1.40. The maximum Gasteiger partial charge on any atom is 0.298 e. The Morgan fingerprint density at radius 3 is 2.92 bits per heavy atom. The molecule has 1 saturated heterocycles. The number of likely N-dealkylation sites (N-methyl/N-ethyl adjacent to an activating group) is 1. The highest BCUT2D eigenvalue weighted by Gasteiger charge is 2.29. The van der Waals surface area contributed by atoms with Crippen LogP contribution in [0.4, 0.5) is 0 Å². The minimum Gasteiger partial charge on any atom is -0.354 e. The van der Waals surface area contributed by atoms with Crippen LogP contribution in [0.15, 0.2) is 0 Å². The highest BCUT2D eigenvalue weighted by atomic mass is 16.2. The van der Waals surface area contributed by atoms with E-state index in [0.29, 0.717) is 13.0 Å². The van der Waals surface area contributed by atoms with Crippen LogP contribution >= 0.6 is 0 Å². The van der Waals surface area contributed by atoms with Crippen molar-refractivity contribution in [3.05, 3.63) is 0 Å². The van der Waals surface area contributed by atoms with Gasteiger partial charge < -0.3 is 10.2 Å². The molecule has 0 aromatic carbocycles. The standard InChI is InChI=1S/C8H10N2O2/c1-3-7(11)10(2)6-4-5-9-8(6)12/h1,6H,4-5H2,2H3,(H,9,12). The van der Waals surface area contributed by atoms with Gasteiger partial charge in [-0.1, -0.05) is 0 Å². The van der Waals surface area contributed by atoms with E-state index < -0.39 is 5.91 Å². The Hall–Kier alpha value is -1.50. The number of amides is 2. The molecule has 0 aromatic rings. The van der Waals surface area contributed by atoms with E-state index in [4.69, 9.17) is 6.42 Å². The number of carbonyl (C=O) groups is 2. The number of terminal acetylenes is 1. The summed E-state index contributed by atoms with van der Waals surface area (Å²) in [4.78, 5) is 23.3. The van der Waals surface area contributed by atoms with Crippen LogP contribution in [0.5, 0.6) is 0 Å². The summed E-state index contributed by atoms with van der Waals surface area (Å²) in [5, 5.41) is 2.63. The molecule has 0 radical (unpaired) electrons. The summed E-state index contributed by atoms with van der Waals surface area (Å²) in [6.07, 6.45) is 5.55. The summed E-state index contributed by atoms with van der Waals surface area (Å²) in [5.41, 5.74) is 0. The summed E-state index contributed by atoms with van der Waals surface area (Å²) in [6.45, 7) is 0.617. The molecule has 1 atom stereocenters. The third-order valence-corrected chi connectivity index (χ3v) is 1.93. The van der Waals surface area contributed by atoms with Gasteiger partial charge in [0.25, 0.3) is 5.91 Å². The third-order valence-electron chi connectivity index (χ3n) is 1.93. The van der Waals surface area contributed by atoms with Crippen molar-refractivity contribution in [1.29, 1.82) is 0 Å². The largest absolute Gasteiger partial charge is 0.354 e. The maximum atomic E-state index is 11.1. The Labute approximate surface area is 70.9 Å². The zero-order chi connectivity index (χ0) is 9.14. The first-order valence-electron chi connectivity index (χ1n) is 3.68. The second-order valence-electron chi connectivity index (χ2n) is 2.66. The molecule has 1 aliphatic heterocycles. The lowest BCUT2D eigenvalue weighted by molar-refractivity contribution is -0.133. The van der Waals surface area contributed by atoms with Crippen LogP contribution in [0.2, 0.25) is 0 Å². The van der Waals surface area contributed by atoms with Gasteiger partial charge in [0.2, 0.25) is 5.91 Å². The van der Waals surface area contributed by atoms with Gasteiger partial charge in [-0.05, 0) is 12.3 Å². The molecular weight excluding hydrogens is 156 g/mol. The van der Waals surface area contributed by atoms with Crippen molar-refractivity contribution < 1.29 is 9.59 Å². The van der Waals surface area contributed by atoms with Gasteiger partial charge in [0.05, 0.1) is 0 Å². The molecule has 4 nitrogen and oxygen atoms in total. The van der Waals surface area contributed by atoms with E-state index in [1.165, 1.54) is 11.9 Å². The van der Waals surface area contributed by atoms with Crippen LogP contribution < -0.4 is 5.32 Å². The molecular formula is C8H10N2O2. The van der Waals surface area contributed by atoms with Crippen LogP contribution in [0.1, 0.15) is 6.42 Å². The zero-order valence-electron chi connectivity index (χ0n) is 6.83. The number of carbonyl (C=O) groups excluding carboxylic acids is 2.